The average molecular weight is 423 g/mol. The van der Waals surface area contributed by atoms with Crippen molar-refractivity contribution in [1.82, 2.24) is 25.1 Å². The topological polar surface area (TPSA) is 77.0 Å². The fraction of sp³-hybridized carbons (Fsp3) is 0.0800. The van der Waals surface area contributed by atoms with E-state index in [1.54, 1.807) is 12.1 Å². The van der Waals surface area contributed by atoms with Crippen molar-refractivity contribution in [3.05, 3.63) is 78.6 Å². The molecule has 0 spiro atoms. The number of hydrogen-bond acceptors (Lipinski definition) is 2. The van der Waals surface area contributed by atoms with Crippen molar-refractivity contribution in [2.24, 2.45) is 7.05 Å². The predicted octanol–water partition coefficient (Wildman–Crippen LogP) is 5.04. The number of aryl methyl sites for hydroxylation is 1. The van der Waals surface area contributed by atoms with Gasteiger partial charge in [-0.05, 0) is 29.8 Å². The molecule has 0 radical (unpaired) electrons. The molecular weight excluding hydrogens is 403 g/mol. The molecular formula is C25H20FN6+. The molecule has 3 N–H and O–H groups in total. The molecule has 4 aromatic heterocycles. The molecule has 6 rings (SSSR count). The van der Waals surface area contributed by atoms with Crippen LogP contribution < -0.4 is 4.57 Å². The van der Waals surface area contributed by atoms with Crippen LogP contribution in [0, 0.1) is 12.7 Å². The summed E-state index contributed by atoms with van der Waals surface area (Å²) >= 11 is 0. The number of halogens is 1. The highest BCUT2D eigenvalue weighted by Gasteiger charge is 2.18. The second-order valence-corrected chi connectivity index (χ2v) is 7.94. The van der Waals surface area contributed by atoms with E-state index in [1.165, 1.54) is 6.07 Å². The Morgan fingerprint density at radius 3 is 2.62 bits per heavy atom. The maximum Gasteiger partial charge on any atom is 0.251 e. The summed E-state index contributed by atoms with van der Waals surface area (Å²) in [5, 5.41) is 9.39. The standard InChI is InChI=1S/C25H19FN6/c1-14-27-13-23(32(14)2)15-10-19-24(30-31-25(19)28-12-15)22-11-18-16(7-5-9-21(18)29-22)17-6-3-4-8-20(17)26/h3-13H,1-2H3,(H2,28,29,30,31)/p+1. The highest BCUT2D eigenvalue weighted by molar-refractivity contribution is 6.01. The highest BCUT2D eigenvalue weighted by atomic mass is 19.1. The van der Waals surface area contributed by atoms with E-state index in [0.717, 1.165) is 50.3 Å². The van der Waals surface area contributed by atoms with Gasteiger partial charge >= 0.3 is 0 Å². The first-order valence-electron chi connectivity index (χ1n) is 10.4. The van der Waals surface area contributed by atoms with Crippen LogP contribution in [-0.2, 0) is 7.05 Å². The maximum atomic E-state index is 14.5. The van der Waals surface area contributed by atoms with Crippen molar-refractivity contribution >= 4 is 21.9 Å². The lowest BCUT2D eigenvalue weighted by Crippen LogP contribution is -2.31. The largest absolute Gasteiger partial charge is 0.353 e. The van der Waals surface area contributed by atoms with Crippen molar-refractivity contribution in [1.29, 1.82) is 0 Å². The van der Waals surface area contributed by atoms with Gasteiger partial charge in [-0.1, -0.05) is 30.3 Å². The second-order valence-electron chi connectivity index (χ2n) is 7.94. The van der Waals surface area contributed by atoms with Gasteiger partial charge in [0.25, 0.3) is 5.82 Å². The zero-order chi connectivity index (χ0) is 21.8. The van der Waals surface area contributed by atoms with Crippen molar-refractivity contribution < 1.29 is 8.96 Å². The molecule has 4 heterocycles. The molecule has 0 aliphatic rings. The number of pyridine rings is 1. The van der Waals surface area contributed by atoms with Crippen LogP contribution in [0.25, 0.3) is 55.7 Å². The number of hydrogen-bond donors (Lipinski definition) is 3. The molecule has 0 unspecified atom stereocenters. The van der Waals surface area contributed by atoms with Crippen molar-refractivity contribution in [2.45, 2.75) is 6.92 Å². The SMILES string of the molecule is Cc1[nH]cc(-c2cnc3n[nH]c(-c4cc5c(-c6ccccc6F)cccc5[nH]4)c3c2)[n+]1C. The number of nitrogens with zero attached hydrogens (tertiary/aromatic N) is 3. The van der Waals surface area contributed by atoms with Gasteiger partial charge < -0.3 is 4.98 Å². The van der Waals surface area contributed by atoms with Gasteiger partial charge in [-0.25, -0.2) is 18.9 Å². The van der Waals surface area contributed by atoms with E-state index in [1.807, 2.05) is 56.7 Å². The van der Waals surface area contributed by atoms with Crippen molar-refractivity contribution in [3.63, 3.8) is 0 Å². The van der Waals surface area contributed by atoms with E-state index in [0.29, 0.717) is 11.2 Å². The molecule has 0 amide bonds. The number of nitrogens with one attached hydrogen (secondary N) is 3. The normalized spacial score (nSPS) is 11.6. The Balaban J connectivity index is 1.53. The Kier molecular flexibility index (Phi) is 3.98. The molecule has 0 saturated heterocycles. The van der Waals surface area contributed by atoms with E-state index in [4.69, 9.17) is 0 Å². The lowest BCUT2D eigenvalue weighted by molar-refractivity contribution is -0.665. The van der Waals surface area contributed by atoms with Crippen LogP contribution in [0.1, 0.15) is 5.82 Å². The predicted molar refractivity (Wildman–Crippen MR) is 122 cm³/mol. The number of aromatic nitrogens is 6. The first-order valence-corrected chi connectivity index (χ1v) is 10.4. The second kappa shape index (κ2) is 6.88. The van der Waals surface area contributed by atoms with E-state index in [9.17, 15) is 4.39 Å². The van der Waals surface area contributed by atoms with Gasteiger partial charge in [0.2, 0.25) is 0 Å². The summed E-state index contributed by atoms with van der Waals surface area (Å²) < 4.78 is 16.6. The molecule has 0 atom stereocenters. The lowest BCUT2D eigenvalue weighted by atomic mass is 10.0. The molecule has 6 nitrogen and oxygen atoms in total. The summed E-state index contributed by atoms with van der Waals surface area (Å²) in [5.74, 6) is 0.821. The Labute approximate surface area is 182 Å². The molecule has 6 aromatic rings. The van der Waals surface area contributed by atoms with Crippen LogP contribution in [0.3, 0.4) is 0 Å². The van der Waals surface area contributed by atoms with Gasteiger partial charge in [0.15, 0.2) is 11.3 Å². The van der Waals surface area contributed by atoms with Gasteiger partial charge in [-0.2, -0.15) is 5.10 Å². The number of fused-ring (bicyclic) bond motifs is 2. The monoisotopic (exact) mass is 423 g/mol. The van der Waals surface area contributed by atoms with E-state index in [2.05, 4.69) is 35.8 Å². The van der Waals surface area contributed by atoms with Crippen LogP contribution in [0.5, 0.6) is 0 Å². The number of benzene rings is 2. The smallest absolute Gasteiger partial charge is 0.251 e. The molecule has 0 bridgehead atoms. The number of aromatic amines is 3. The lowest BCUT2D eigenvalue weighted by Gasteiger charge is -2.04. The van der Waals surface area contributed by atoms with Gasteiger partial charge in [0.05, 0.1) is 18.4 Å². The van der Waals surface area contributed by atoms with Crippen LogP contribution in [0.4, 0.5) is 4.39 Å². The maximum absolute atomic E-state index is 14.5. The average Bonchev–Trinajstić information content (AvgIpc) is 3.50. The summed E-state index contributed by atoms with van der Waals surface area (Å²) in [6, 6.07) is 16.8. The Hall–Kier alpha value is -4.26. The summed E-state index contributed by atoms with van der Waals surface area (Å²) in [5.41, 5.74) is 6.77. The molecule has 0 aliphatic carbocycles. The zero-order valence-electron chi connectivity index (χ0n) is 17.6. The number of imidazole rings is 1. The zero-order valence-corrected chi connectivity index (χ0v) is 17.6. The highest BCUT2D eigenvalue weighted by Crippen LogP contribution is 2.35. The van der Waals surface area contributed by atoms with Gasteiger partial charge in [0, 0.05) is 40.5 Å². The molecule has 156 valence electrons. The minimum absolute atomic E-state index is 0.238. The summed E-state index contributed by atoms with van der Waals surface area (Å²) in [4.78, 5) is 11.3. The van der Waals surface area contributed by atoms with E-state index >= 15 is 0 Å². The van der Waals surface area contributed by atoms with Crippen molar-refractivity contribution in [3.8, 4) is 33.8 Å². The van der Waals surface area contributed by atoms with Gasteiger partial charge in [-0.3, -0.25) is 5.10 Å². The molecule has 0 aliphatic heterocycles. The van der Waals surface area contributed by atoms with Crippen LogP contribution in [0.15, 0.2) is 67.0 Å². The van der Waals surface area contributed by atoms with Gasteiger partial charge in [-0.15, -0.1) is 0 Å². The van der Waals surface area contributed by atoms with E-state index in [-0.39, 0.29) is 5.82 Å². The fourth-order valence-electron chi connectivity index (χ4n) is 4.27. The summed E-state index contributed by atoms with van der Waals surface area (Å²) in [6.45, 7) is 2.02. The fourth-order valence-corrected chi connectivity index (χ4v) is 4.27. The number of rotatable bonds is 3. The molecule has 0 fully saturated rings. The summed E-state index contributed by atoms with van der Waals surface area (Å²) in [7, 11) is 2.02. The van der Waals surface area contributed by atoms with Crippen molar-refractivity contribution in [2.75, 3.05) is 0 Å². The first-order chi connectivity index (χ1) is 15.6. The van der Waals surface area contributed by atoms with Crippen LogP contribution in [0.2, 0.25) is 0 Å². The first kappa shape index (κ1) is 18.5. The quantitative estimate of drug-likeness (QED) is 0.349. The van der Waals surface area contributed by atoms with E-state index < -0.39 is 0 Å². The van der Waals surface area contributed by atoms with Gasteiger partial charge in [0.1, 0.15) is 12.0 Å². The third-order valence-electron chi connectivity index (χ3n) is 6.09. The third kappa shape index (κ3) is 2.75. The molecule has 7 heteroatoms. The molecule has 32 heavy (non-hydrogen) atoms. The van der Waals surface area contributed by atoms with Crippen LogP contribution in [-0.4, -0.2) is 25.1 Å². The Morgan fingerprint density at radius 1 is 0.969 bits per heavy atom. The minimum Gasteiger partial charge on any atom is -0.353 e. The molecule has 2 aromatic carbocycles. The minimum atomic E-state index is -0.238. The Morgan fingerprint density at radius 2 is 1.81 bits per heavy atom. The number of H-pyrrole nitrogens is 3. The molecule has 0 saturated carbocycles. The third-order valence-corrected chi connectivity index (χ3v) is 6.09. The van der Waals surface area contributed by atoms with Crippen LogP contribution >= 0.6 is 0 Å². The summed E-state index contributed by atoms with van der Waals surface area (Å²) in [6.07, 6.45) is 3.80. The Bertz CT molecular complexity index is 1620.